The number of anilines is 1. The van der Waals surface area contributed by atoms with Gasteiger partial charge in [0, 0.05) is 43.1 Å². The molecule has 5 nitrogen and oxygen atoms in total. The lowest BCUT2D eigenvalue weighted by atomic mass is 10.0. The number of Topliss-reactive ketones (excluding diaryl/α,β-unsaturated/α-hetero) is 2. The van der Waals surface area contributed by atoms with Gasteiger partial charge in [0.15, 0.2) is 11.6 Å². The zero-order valence-electron chi connectivity index (χ0n) is 16.0. The molecular weight excluding hydrogens is 326 g/mol. The van der Waals surface area contributed by atoms with Gasteiger partial charge < -0.3 is 9.88 Å². The summed E-state index contributed by atoms with van der Waals surface area (Å²) in [6.07, 6.45) is 0. The Kier molecular flexibility index (Phi) is 5.28. The van der Waals surface area contributed by atoms with Crippen LogP contribution in [-0.2, 0) is 0 Å². The number of carbonyl (C=O) groups excluding carboxylic acids is 2. The van der Waals surface area contributed by atoms with E-state index in [9.17, 15) is 9.59 Å². The van der Waals surface area contributed by atoms with Crippen LogP contribution >= 0.6 is 0 Å². The molecule has 3 rings (SSSR count). The molecule has 1 aromatic heterocycles. The summed E-state index contributed by atoms with van der Waals surface area (Å²) in [5.74, 6) is 0.0608. The summed E-state index contributed by atoms with van der Waals surface area (Å²) in [6, 6.07) is 10.2. The highest BCUT2D eigenvalue weighted by atomic mass is 16.1. The molecule has 0 saturated carbocycles. The number of para-hydroxylation sites is 1. The van der Waals surface area contributed by atoms with Gasteiger partial charge in [0.2, 0.25) is 0 Å². The van der Waals surface area contributed by atoms with Crippen LogP contribution in [0.15, 0.2) is 30.3 Å². The first kappa shape index (κ1) is 18.4. The number of carbonyl (C=O) groups is 2. The Hall–Kier alpha value is -2.40. The van der Waals surface area contributed by atoms with E-state index in [0.29, 0.717) is 11.3 Å². The van der Waals surface area contributed by atoms with E-state index >= 15 is 0 Å². The molecule has 1 aliphatic rings. The Labute approximate surface area is 155 Å². The highest BCUT2D eigenvalue weighted by Gasteiger charge is 2.29. The van der Waals surface area contributed by atoms with E-state index in [2.05, 4.69) is 39.0 Å². The van der Waals surface area contributed by atoms with Crippen LogP contribution in [-0.4, -0.2) is 53.7 Å². The number of ketones is 2. The van der Waals surface area contributed by atoms with E-state index < -0.39 is 0 Å². The molecule has 26 heavy (non-hydrogen) atoms. The minimum absolute atomic E-state index is 0.000529. The van der Waals surface area contributed by atoms with Gasteiger partial charge in [-0.1, -0.05) is 18.2 Å². The highest BCUT2D eigenvalue weighted by molar-refractivity contribution is 6.05. The van der Waals surface area contributed by atoms with E-state index in [1.807, 2.05) is 26.8 Å². The molecule has 0 spiro atoms. The van der Waals surface area contributed by atoms with Gasteiger partial charge in [-0.2, -0.15) is 0 Å². The van der Waals surface area contributed by atoms with Crippen molar-refractivity contribution in [1.29, 1.82) is 0 Å². The highest BCUT2D eigenvalue weighted by Crippen LogP contribution is 2.22. The molecule has 0 bridgehead atoms. The standard InChI is InChI=1S/C21H27N3O2/c1-14-19(17(4)25)15(2)22-20(14)21(26)16(3)23-10-12-24(13-11-23)18-8-6-5-7-9-18/h5-9,16,22H,10-13H2,1-4H3. The summed E-state index contributed by atoms with van der Waals surface area (Å²) in [5, 5.41) is 0. The molecule has 1 saturated heterocycles. The number of nitrogens with zero attached hydrogens (tertiary/aromatic N) is 2. The van der Waals surface area contributed by atoms with Crippen molar-refractivity contribution in [2.45, 2.75) is 33.7 Å². The molecule has 1 unspecified atom stereocenters. The predicted octanol–water partition coefficient (Wildman–Crippen LogP) is 3.23. The molecule has 1 atom stereocenters. The lowest BCUT2D eigenvalue weighted by molar-refractivity contribution is 0.0824. The second-order valence-electron chi connectivity index (χ2n) is 7.08. The molecule has 2 heterocycles. The maximum Gasteiger partial charge on any atom is 0.196 e. The molecule has 1 N–H and O–H groups in total. The first-order valence-electron chi connectivity index (χ1n) is 9.18. The van der Waals surface area contributed by atoms with Crippen LogP contribution in [0.3, 0.4) is 0 Å². The minimum Gasteiger partial charge on any atom is -0.369 e. The van der Waals surface area contributed by atoms with Gasteiger partial charge in [0.25, 0.3) is 0 Å². The van der Waals surface area contributed by atoms with Crippen molar-refractivity contribution in [3.63, 3.8) is 0 Å². The summed E-state index contributed by atoms with van der Waals surface area (Å²) in [6.45, 7) is 10.7. The molecule has 0 aliphatic carbocycles. The molecule has 1 fully saturated rings. The van der Waals surface area contributed by atoms with Crippen molar-refractivity contribution in [2.75, 3.05) is 31.1 Å². The maximum absolute atomic E-state index is 13.0. The Morgan fingerprint density at radius 2 is 1.65 bits per heavy atom. The number of aromatic amines is 1. The van der Waals surface area contributed by atoms with Gasteiger partial charge in [0.05, 0.1) is 11.7 Å². The van der Waals surface area contributed by atoms with Gasteiger partial charge in [-0.3, -0.25) is 14.5 Å². The topological polar surface area (TPSA) is 56.4 Å². The number of piperazine rings is 1. The quantitative estimate of drug-likeness (QED) is 0.839. The van der Waals surface area contributed by atoms with Crippen molar-refractivity contribution in [3.05, 3.63) is 52.8 Å². The Balaban J connectivity index is 1.69. The number of benzene rings is 1. The summed E-state index contributed by atoms with van der Waals surface area (Å²) in [7, 11) is 0. The SMILES string of the molecule is CC(=O)c1c(C)[nH]c(C(=O)C(C)N2CCN(c3ccccc3)CC2)c1C. The molecule has 0 radical (unpaired) electrons. The average molecular weight is 353 g/mol. The van der Waals surface area contributed by atoms with E-state index in [0.717, 1.165) is 37.4 Å². The monoisotopic (exact) mass is 353 g/mol. The first-order chi connectivity index (χ1) is 12.4. The van der Waals surface area contributed by atoms with Crippen LogP contribution in [0.25, 0.3) is 0 Å². The summed E-state index contributed by atoms with van der Waals surface area (Å²) >= 11 is 0. The third-order valence-corrected chi connectivity index (χ3v) is 5.40. The number of aromatic nitrogens is 1. The lowest BCUT2D eigenvalue weighted by Gasteiger charge is -2.38. The van der Waals surface area contributed by atoms with Crippen molar-refractivity contribution < 1.29 is 9.59 Å². The van der Waals surface area contributed by atoms with Gasteiger partial charge in [-0.25, -0.2) is 0 Å². The summed E-state index contributed by atoms with van der Waals surface area (Å²) in [4.78, 5) is 32.5. The molecule has 1 aromatic carbocycles. The lowest BCUT2D eigenvalue weighted by Crippen LogP contribution is -2.51. The fraction of sp³-hybridized carbons (Fsp3) is 0.429. The zero-order chi connectivity index (χ0) is 18.8. The van der Waals surface area contributed by atoms with Crippen molar-refractivity contribution >= 4 is 17.3 Å². The van der Waals surface area contributed by atoms with Crippen LogP contribution in [0.2, 0.25) is 0 Å². The fourth-order valence-electron chi connectivity index (χ4n) is 3.91. The fourth-order valence-corrected chi connectivity index (χ4v) is 3.91. The summed E-state index contributed by atoms with van der Waals surface area (Å²) < 4.78 is 0. The number of hydrogen-bond acceptors (Lipinski definition) is 4. The number of aryl methyl sites for hydroxylation is 1. The van der Waals surface area contributed by atoms with E-state index in [-0.39, 0.29) is 17.6 Å². The van der Waals surface area contributed by atoms with Gasteiger partial charge >= 0.3 is 0 Å². The van der Waals surface area contributed by atoms with E-state index in [1.54, 1.807) is 6.92 Å². The van der Waals surface area contributed by atoms with Crippen LogP contribution < -0.4 is 4.90 Å². The number of rotatable bonds is 5. The van der Waals surface area contributed by atoms with Crippen molar-refractivity contribution in [2.24, 2.45) is 0 Å². The smallest absolute Gasteiger partial charge is 0.196 e. The third-order valence-electron chi connectivity index (χ3n) is 5.40. The molecule has 5 heteroatoms. The van der Waals surface area contributed by atoms with Crippen LogP contribution in [0, 0.1) is 13.8 Å². The van der Waals surface area contributed by atoms with Crippen molar-refractivity contribution in [1.82, 2.24) is 9.88 Å². The zero-order valence-corrected chi connectivity index (χ0v) is 16.0. The normalized spacial score (nSPS) is 16.5. The molecule has 138 valence electrons. The van der Waals surface area contributed by atoms with E-state index in [4.69, 9.17) is 0 Å². The van der Waals surface area contributed by atoms with Crippen molar-refractivity contribution in [3.8, 4) is 0 Å². The molecule has 0 amide bonds. The first-order valence-corrected chi connectivity index (χ1v) is 9.18. The van der Waals surface area contributed by atoms with Crippen LogP contribution in [0.4, 0.5) is 5.69 Å². The Morgan fingerprint density at radius 3 is 2.19 bits per heavy atom. The largest absolute Gasteiger partial charge is 0.369 e. The molecule has 2 aromatic rings. The molecule has 1 aliphatic heterocycles. The summed E-state index contributed by atoms with van der Waals surface area (Å²) in [5.41, 5.74) is 4.00. The van der Waals surface area contributed by atoms with Crippen LogP contribution in [0.1, 0.15) is 46.0 Å². The second kappa shape index (κ2) is 7.46. The third kappa shape index (κ3) is 3.44. The number of hydrogen-bond donors (Lipinski definition) is 1. The van der Waals surface area contributed by atoms with Crippen LogP contribution in [0.5, 0.6) is 0 Å². The van der Waals surface area contributed by atoms with Gasteiger partial charge in [-0.15, -0.1) is 0 Å². The number of nitrogens with one attached hydrogen (secondary N) is 1. The average Bonchev–Trinajstić information content (AvgIpc) is 2.95. The van der Waals surface area contributed by atoms with E-state index in [1.165, 1.54) is 5.69 Å². The Bertz CT molecular complexity index is 802. The Morgan fingerprint density at radius 1 is 1.04 bits per heavy atom. The van der Waals surface area contributed by atoms with Gasteiger partial charge in [0.1, 0.15) is 0 Å². The second-order valence-corrected chi connectivity index (χ2v) is 7.08. The van der Waals surface area contributed by atoms with Gasteiger partial charge in [-0.05, 0) is 45.4 Å². The molecular formula is C21H27N3O2. The predicted molar refractivity (Wildman–Crippen MR) is 104 cm³/mol. The minimum atomic E-state index is -0.204. The maximum atomic E-state index is 13.0. The number of H-pyrrole nitrogens is 1.